The first-order chi connectivity index (χ1) is 7.90. The maximum absolute atomic E-state index is 12.5. The minimum Gasteiger partial charge on any atom is -0.505 e. The topological polar surface area (TPSA) is 26.3 Å². The summed E-state index contributed by atoms with van der Waals surface area (Å²) >= 11 is 0. The Balaban J connectivity index is 2.39. The third-order valence-corrected chi connectivity index (χ3v) is 4.62. The molecular weight excluding hydrogens is 212 g/mol. The lowest BCUT2D eigenvalue weighted by Gasteiger charge is -2.36. The summed E-state index contributed by atoms with van der Waals surface area (Å²) in [7, 11) is 1.65. The number of carbonyl (C=O) groups is 1. The van der Waals surface area contributed by atoms with Crippen LogP contribution >= 0.6 is 0 Å². The number of rotatable bonds is 2. The maximum Gasteiger partial charge on any atom is 0.143 e. The second-order valence-corrected chi connectivity index (χ2v) is 6.24. The average Bonchev–Trinajstić information content (AvgIpc) is 2.38. The largest absolute Gasteiger partial charge is 0.505 e. The molecule has 0 aliphatic heterocycles. The Morgan fingerprint density at radius 2 is 2.12 bits per heavy atom. The molecule has 2 bridgehead atoms. The first kappa shape index (κ1) is 12.4. The highest BCUT2D eigenvalue weighted by Crippen LogP contribution is 2.52. The molecule has 94 valence electrons. The molecule has 0 amide bonds. The van der Waals surface area contributed by atoms with Crippen LogP contribution in [0.2, 0.25) is 0 Å². The number of ether oxygens (including phenoxy) is 1. The van der Waals surface area contributed by atoms with E-state index < -0.39 is 0 Å². The molecule has 0 unspecified atom stereocenters. The molecule has 0 heterocycles. The summed E-state index contributed by atoms with van der Waals surface area (Å²) in [5.74, 6) is 1.13. The fourth-order valence-corrected chi connectivity index (χ4v) is 3.10. The zero-order chi connectivity index (χ0) is 12.7. The second kappa shape index (κ2) is 4.01. The number of fused-ring (bicyclic) bond motifs is 3. The maximum atomic E-state index is 12.5. The molecule has 3 atom stereocenters. The van der Waals surface area contributed by atoms with Crippen molar-refractivity contribution in [2.45, 2.75) is 33.6 Å². The van der Waals surface area contributed by atoms with Crippen molar-refractivity contribution in [3.05, 3.63) is 24.5 Å². The van der Waals surface area contributed by atoms with E-state index in [1.54, 1.807) is 13.4 Å². The van der Waals surface area contributed by atoms with Crippen LogP contribution < -0.4 is 0 Å². The summed E-state index contributed by atoms with van der Waals surface area (Å²) in [5.41, 5.74) is -0.250. The van der Waals surface area contributed by atoms with E-state index in [4.69, 9.17) is 4.74 Å². The number of carbonyl (C=O) groups excluding carboxylic acids is 1. The Morgan fingerprint density at radius 3 is 2.76 bits per heavy atom. The summed E-state index contributed by atoms with van der Waals surface area (Å²) in [5, 5.41) is 0. The number of Topliss-reactive ketones (excluding diaryl/α,β-unsaturated/α-hetero) is 1. The summed E-state index contributed by atoms with van der Waals surface area (Å²) in [6.07, 6.45) is 9.87. The third-order valence-electron chi connectivity index (χ3n) is 4.62. The first-order valence-electron chi connectivity index (χ1n) is 6.32. The van der Waals surface area contributed by atoms with E-state index in [1.807, 2.05) is 0 Å². The Bertz CT molecular complexity index is 378. The number of hydrogen-bond acceptors (Lipinski definition) is 2. The Labute approximate surface area is 104 Å². The lowest BCUT2D eigenvalue weighted by Crippen LogP contribution is -2.33. The standard InChI is InChI=1S/C15H22O2/c1-14(2)10-13(16)15(3)7-5-11(14)9-12(15)6-8-17-4/h5-8,11-12H,9-10H2,1-4H3/b8-6+/t11-,12+,15-/m1/s1. The quantitative estimate of drug-likeness (QED) is 0.541. The van der Waals surface area contributed by atoms with E-state index >= 15 is 0 Å². The first-order valence-corrected chi connectivity index (χ1v) is 6.32. The molecule has 17 heavy (non-hydrogen) atoms. The van der Waals surface area contributed by atoms with Gasteiger partial charge in [-0.3, -0.25) is 4.79 Å². The van der Waals surface area contributed by atoms with Crippen molar-refractivity contribution in [3.8, 4) is 0 Å². The molecule has 0 saturated heterocycles. The van der Waals surface area contributed by atoms with Crippen LogP contribution in [0, 0.1) is 22.7 Å². The van der Waals surface area contributed by atoms with Gasteiger partial charge in [0.15, 0.2) is 0 Å². The van der Waals surface area contributed by atoms with Gasteiger partial charge in [-0.25, -0.2) is 0 Å². The van der Waals surface area contributed by atoms with Gasteiger partial charge in [-0.05, 0) is 36.7 Å². The van der Waals surface area contributed by atoms with Gasteiger partial charge in [-0.15, -0.1) is 0 Å². The predicted octanol–water partition coefficient (Wildman–Crippen LogP) is 3.34. The minimum atomic E-state index is -0.334. The molecule has 0 N–H and O–H groups in total. The highest BCUT2D eigenvalue weighted by Gasteiger charge is 2.49. The van der Waals surface area contributed by atoms with E-state index in [2.05, 4.69) is 39.0 Å². The fraction of sp³-hybridized carbons (Fsp3) is 0.667. The molecule has 0 aromatic rings. The molecule has 2 heteroatoms. The average molecular weight is 234 g/mol. The van der Waals surface area contributed by atoms with Gasteiger partial charge in [0.1, 0.15) is 5.78 Å². The van der Waals surface area contributed by atoms with Gasteiger partial charge in [0, 0.05) is 6.42 Å². The van der Waals surface area contributed by atoms with Crippen molar-refractivity contribution >= 4 is 5.78 Å². The van der Waals surface area contributed by atoms with Crippen LogP contribution in [-0.4, -0.2) is 12.9 Å². The third kappa shape index (κ3) is 1.94. The number of ketones is 1. The van der Waals surface area contributed by atoms with Crippen LogP contribution in [0.3, 0.4) is 0 Å². The number of allylic oxidation sites excluding steroid dienone is 3. The van der Waals surface area contributed by atoms with E-state index in [0.717, 1.165) is 6.42 Å². The van der Waals surface area contributed by atoms with Crippen LogP contribution in [0.1, 0.15) is 33.6 Å². The number of methoxy groups -OCH3 is 1. The van der Waals surface area contributed by atoms with Gasteiger partial charge < -0.3 is 4.74 Å². The van der Waals surface area contributed by atoms with E-state index in [0.29, 0.717) is 18.1 Å². The second-order valence-electron chi connectivity index (χ2n) is 6.24. The summed E-state index contributed by atoms with van der Waals surface area (Å²) in [6.45, 7) is 6.47. The molecular formula is C15H22O2. The van der Waals surface area contributed by atoms with Crippen LogP contribution in [0.25, 0.3) is 0 Å². The fourth-order valence-electron chi connectivity index (χ4n) is 3.10. The van der Waals surface area contributed by atoms with E-state index in [-0.39, 0.29) is 16.7 Å². The Kier molecular flexibility index (Phi) is 2.92. The lowest BCUT2D eigenvalue weighted by molar-refractivity contribution is -0.127. The zero-order valence-electron chi connectivity index (χ0n) is 11.2. The van der Waals surface area contributed by atoms with E-state index in [9.17, 15) is 4.79 Å². The molecule has 3 aliphatic rings. The van der Waals surface area contributed by atoms with E-state index in [1.165, 1.54) is 0 Å². The van der Waals surface area contributed by atoms with Gasteiger partial charge in [-0.1, -0.05) is 26.0 Å². The molecule has 2 nitrogen and oxygen atoms in total. The zero-order valence-corrected chi connectivity index (χ0v) is 11.2. The van der Waals surface area contributed by atoms with Gasteiger partial charge >= 0.3 is 0 Å². The molecule has 3 aliphatic carbocycles. The minimum absolute atomic E-state index is 0.0843. The summed E-state index contributed by atoms with van der Waals surface area (Å²) in [6, 6.07) is 0. The molecule has 3 rings (SSSR count). The smallest absolute Gasteiger partial charge is 0.143 e. The number of hydrogen-bond donors (Lipinski definition) is 0. The Hall–Kier alpha value is -1.05. The molecule has 0 spiro atoms. The highest BCUT2D eigenvalue weighted by atomic mass is 16.5. The SMILES string of the molecule is CO/C=C/[C@H]1C[C@H]2C=C[C@@]1(C)C(=O)CC2(C)C. The molecule has 0 radical (unpaired) electrons. The Morgan fingerprint density at radius 1 is 1.41 bits per heavy atom. The molecule has 0 aromatic heterocycles. The van der Waals surface area contributed by atoms with Gasteiger partial charge in [0.05, 0.1) is 18.8 Å². The van der Waals surface area contributed by atoms with Crippen molar-refractivity contribution in [2.24, 2.45) is 22.7 Å². The highest BCUT2D eigenvalue weighted by molar-refractivity contribution is 5.88. The predicted molar refractivity (Wildman–Crippen MR) is 68.4 cm³/mol. The normalized spacial score (nSPS) is 39.6. The monoisotopic (exact) mass is 234 g/mol. The lowest BCUT2D eigenvalue weighted by atomic mass is 9.67. The van der Waals surface area contributed by atoms with Gasteiger partial charge in [0.25, 0.3) is 0 Å². The van der Waals surface area contributed by atoms with Crippen LogP contribution in [-0.2, 0) is 9.53 Å². The van der Waals surface area contributed by atoms with Crippen LogP contribution in [0.15, 0.2) is 24.5 Å². The van der Waals surface area contributed by atoms with Crippen molar-refractivity contribution in [1.82, 2.24) is 0 Å². The van der Waals surface area contributed by atoms with Crippen molar-refractivity contribution in [2.75, 3.05) is 7.11 Å². The molecule has 1 saturated carbocycles. The van der Waals surface area contributed by atoms with Gasteiger partial charge in [0.2, 0.25) is 0 Å². The molecule has 0 aromatic carbocycles. The molecule has 1 fully saturated rings. The van der Waals surface area contributed by atoms with Crippen molar-refractivity contribution in [3.63, 3.8) is 0 Å². The van der Waals surface area contributed by atoms with Crippen LogP contribution in [0.5, 0.6) is 0 Å². The van der Waals surface area contributed by atoms with Crippen molar-refractivity contribution < 1.29 is 9.53 Å². The van der Waals surface area contributed by atoms with Crippen LogP contribution in [0.4, 0.5) is 0 Å². The summed E-state index contributed by atoms with van der Waals surface area (Å²) < 4.78 is 5.01. The van der Waals surface area contributed by atoms with Crippen molar-refractivity contribution in [1.29, 1.82) is 0 Å². The summed E-state index contributed by atoms with van der Waals surface area (Å²) in [4.78, 5) is 12.5. The van der Waals surface area contributed by atoms with Gasteiger partial charge in [-0.2, -0.15) is 0 Å².